The summed E-state index contributed by atoms with van der Waals surface area (Å²) >= 11 is 0. The molecule has 5 nitrogen and oxygen atoms in total. The zero-order valence-corrected chi connectivity index (χ0v) is 10.9. The summed E-state index contributed by atoms with van der Waals surface area (Å²) in [6.45, 7) is 4.04. The van der Waals surface area contributed by atoms with Gasteiger partial charge in [0.1, 0.15) is 5.82 Å². The van der Waals surface area contributed by atoms with Crippen molar-refractivity contribution in [3.63, 3.8) is 0 Å². The lowest BCUT2D eigenvalue weighted by atomic mass is 10.2. The lowest BCUT2D eigenvalue weighted by Crippen LogP contribution is -2.15. The molecule has 0 atom stereocenters. The molecule has 98 valence electrons. The molecule has 0 saturated carbocycles. The zero-order valence-electron chi connectivity index (χ0n) is 10.9. The Morgan fingerprint density at radius 2 is 2.11 bits per heavy atom. The number of carbonyl (C=O) groups is 1. The van der Waals surface area contributed by atoms with Gasteiger partial charge in [-0.15, -0.1) is 0 Å². The topological polar surface area (TPSA) is 66.9 Å². The maximum Gasteiger partial charge on any atom is 0.255 e. The summed E-state index contributed by atoms with van der Waals surface area (Å²) in [4.78, 5) is 20.2. The molecule has 2 aromatic heterocycles. The van der Waals surface area contributed by atoms with Crippen molar-refractivity contribution in [1.82, 2.24) is 9.97 Å². The largest absolute Gasteiger partial charge is 0.368 e. The molecule has 0 spiro atoms. The van der Waals surface area contributed by atoms with Crippen LogP contribution >= 0.6 is 0 Å². The first-order valence-corrected chi connectivity index (χ1v) is 6.09. The Bertz CT molecular complexity index is 554. The van der Waals surface area contributed by atoms with Gasteiger partial charge in [0.05, 0.1) is 11.9 Å². The number of nitrogens with zero attached hydrogens (tertiary/aromatic N) is 2. The number of hydrogen-bond donors (Lipinski definition) is 2. The molecule has 2 rings (SSSR count). The van der Waals surface area contributed by atoms with Gasteiger partial charge in [0.25, 0.3) is 5.91 Å². The molecule has 0 bridgehead atoms. The van der Waals surface area contributed by atoms with Crippen LogP contribution in [0.5, 0.6) is 0 Å². The van der Waals surface area contributed by atoms with Crippen molar-refractivity contribution in [2.75, 3.05) is 10.6 Å². The highest BCUT2D eigenvalue weighted by molar-refractivity contribution is 6.04. The average molecular weight is 256 g/mol. The van der Waals surface area contributed by atoms with Crippen LogP contribution in [0.4, 0.5) is 11.5 Å². The van der Waals surface area contributed by atoms with Crippen LogP contribution in [0.1, 0.15) is 24.2 Å². The van der Waals surface area contributed by atoms with E-state index in [1.54, 1.807) is 42.9 Å². The van der Waals surface area contributed by atoms with E-state index >= 15 is 0 Å². The highest BCUT2D eigenvalue weighted by Crippen LogP contribution is 2.11. The minimum absolute atomic E-state index is 0.179. The molecular weight excluding hydrogens is 240 g/mol. The number of hydrogen-bond acceptors (Lipinski definition) is 4. The van der Waals surface area contributed by atoms with Crippen molar-refractivity contribution in [3.05, 3.63) is 48.4 Å². The highest BCUT2D eigenvalue weighted by atomic mass is 16.1. The minimum Gasteiger partial charge on any atom is -0.368 e. The number of amides is 1. The lowest BCUT2D eigenvalue weighted by molar-refractivity contribution is 0.102. The first-order chi connectivity index (χ1) is 9.15. The summed E-state index contributed by atoms with van der Waals surface area (Å²) in [6.07, 6.45) is 4.88. The molecule has 1 amide bonds. The normalized spacial score (nSPS) is 10.3. The third-order valence-electron chi connectivity index (χ3n) is 2.38. The summed E-state index contributed by atoms with van der Waals surface area (Å²) < 4.78 is 0. The fourth-order valence-electron chi connectivity index (χ4n) is 1.59. The van der Waals surface area contributed by atoms with Crippen LogP contribution < -0.4 is 10.6 Å². The van der Waals surface area contributed by atoms with Crippen LogP contribution in [0.15, 0.2) is 42.9 Å². The van der Waals surface area contributed by atoms with Gasteiger partial charge >= 0.3 is 0 Å². The number of rotatable bonds is 4. The third kappa shape index (κ3) is 3.77. The van der Waals surface area contributed by atoms with Gasteiger partial charge in [-0.05, 0) is 38.1 Å². The second kappa shape index (κ2) is 5.95. The van der Waals surface area contributed by atoms with Gasteiger partial charge in [-0.3, -0.25) is 9.78 Å². The highest BCUT2D eigenvalue weighted by Gasteiger charge is 2.07. The molecule has 0 fully saturated rings. The molecule has 5 heteroatoms. The van der Waals surface area contributed by atoms with Crippen molar-refractivity contribution in [1.29, 1.82) is 0 Å². The second-order valence-corrected chi connectivity index (χ2v) is 4.42. The maximum absolute atomic E-state index is 12.1. The fourth-order valence-corrected chi connectivity index (χ4v) is 1.59. The van der Waals surface area contributed by atoms with Crippen molar-refractivity contribution >= 4 is 17.4 Å². The van der Waals surface area contributed by atoms with E-state index in [2.05, 4.69) is 20.6 Å². The Hall–Kier alpha value is -2.43. The Morgan fingerprint density at radius 3 is 2.79 bits per heavy atom. The van der Waals surface area contributed by atoms with Gasteiger partial charge in [-0.2, -0.15) is 0 Å². The molecule has 0 aliphatic carbocycles. The predicted molar refractivity (Wildman–Crippen MR) is 75.2 cm³/mol. The van der Waals surface area contributed by atoms with Gasteiger partial charge in [0, 0.05) is 24.0 Å². The molecule has 19 heavy (non-hydrogen) atoms. The zero-order chi connectivity index (χ0) is 13.7. The SMILES string of the molecule is CC(C)Nc1cc(C(=O)Nc2cccnc2)ccn1. The van der Waals surface area contributed by atoms with E-state index < -0.39 is 0 Å². The third-order valence-corrected chi connectivity index (χ3v) is 2.38. The first kappa shape index (κ1) is 13.0. The number of nitrogens with one attached hydrogen (secondary N) is 2. The Kier molecular flexibility index (Phi) is 4.07. The van der Waals surface area contributed by atoms with Crippen LogP contribution in [-0.4, -0.2) is 21.9 Å². The van der Waals surface area contributed by atoms with Gasteiger partial charge in [0.2, 0.25) is 0 Å². The lowest BCUT2D eigenvalue weighted by Gasteiger charge is -2.10. The Labute approximate surface area is 112 Å². The van der Waals surface area contributed by atoms with E-state index in [1.807, 2.05) is 13.8 Å². The monoisotopic (exact) mass is 256 g/mol. The molecule has 0 radical (unpaired) electrons. The van der Waals surface area contributed by atoms with E-state index in [0.29, 0.717) is 17.1 Å². The number of aromatic nitrogens is 2. The van der Waals surface area contributed by atoms with Crippen LogP contribution in [0, 0.1) is 0 Å². The Morgan fingerprint density at radius 1 is 1.26 bits per heavy atom. The summed E-state index contributed by atoms with van der Waals surface area (Å²) in [5.41, 5.74) is 1.23. The molecule has 0 saturated heterocycles. The summed E-state index contributed by atoms with van der Waals surface area (Å²) in [5.74, 6) is 0.510. The molecule has 0 aromatic carbocycles. The minimum atomic E-state index is -0.179. The van der Waals surface area contributed by atoms with E-state index in [-0.39, 0.29) is 11.9 Å². The molecule has 2 N–H and O–H groups in total. The molecule has 0 aliphatic rings. The van der Waals surface area contributed by atoms with Crippen LogP contribution in [-0.2, 0) is 0 Å². The van der Waals surface area contributed by atoms with Gasteiger partial charge < -0.3 is 10.6 Å². The quantitative estimate of drug-likeness (QED) is 0.882. The summed E-state index contributed by atoms with van der Waals surface area (Å²) in [7, 11) is 0. The maximum atomic E-state index is 12.1. The standard InChI is InChI=1S/C14H16N4O/c1-10(2)17-13-8-11(5-7-16-13)14(19)18-12-4-3-6-15-9-12/h3-10H,1-2H3,(H,16,17)(H,18,19). The number of anilines is 2. The van der Waals surface area contributed by atoms with Crippen LogP contribution in [0.3, 0.4) is 0 Å². The van der Waals surface area contributed by atoms with Gasteiger partial charge in [0.15, 0.2) is 0 Å². The molecule has 0 unspecified atom stereocenters. The van der Waals surface area contributed by atoms with Crippen LogP contribution in [0.25, 0.3) is 0 Å². The van der Waals surface area contributed by atoms with Crippen molar-refractivity contribution in [2.45, 2.75) is 19.9 Å². The van der Waals surface area contributed by atoms with E-state index in [1.165, 1.54) is 0 Å². The second-order valence-electron chi connectivity index (χ2n) is 4.42. The number of carbonyl (C=O) groups excluding carboxylic acids is 1. The van der Waals surface area contributed by atoms with E-state index in [9.17, 15) is 4.79 Å². The van der Waals surface area contributed by atoms with Crippen LogP contribution in [0.2, 0.25) is 0 Å². The van der Waals surface area contributed by atoms with Crippen molar-refractivity contribution in [3.8, 4) is 0 Å². The predicted octanol–water partition coefficient (Wildman–Crippen LogP) is 2.55. The van der Waals surface area contributed by atoms with Crippen molar-refractivity contribution in [2.24, 2.45) is 0 Å². The van der Waals surface area contributed by atoms with Gasteiger partial charge in [-0.25, -0.2) is 4.98 Å². The summed E-state index contributed by atoms with van der Waals surface area (Å²) in [5, 5.41) is 5.94. The smallest absolute Gasteiger partial charge is 0.255 e. The molecule has 2 aromatic rings. The van der Waals surface area contributed by atoms with E-state index in [4.69, 9.17) is 0 Å². The molecule has 2 heterocycles. The Balaban J connectivity index is 2.11. The molecule has 0 aliphatic heterocycles. The van der Waals surface area contributed by atoms with E-state index in [0.717, 1.165) is 0 Å². The molecular formula is C14H16N4O. The fraction of sp³-hybridized carbons (Fsp3) is 0.214. The number of pyridine rings is 2. The van der Waals surface area contributed by atoms with Crippen molar-refractivity contribution < 1.29 is 4.79 Å². The summed E-state index contributed by atoms with van der Waals surface area (Å²) in [6, 6.07) is 7.24. The van der Waals surface area contributed by atoms with Gasteiger partial charge in [-0.1, -0.05) is 0 Å². The average Bonchev–Trinajstić information content (AvgIpc) is 2.39. The first-order valence-electron chi connectivity index (χ1n) is 6.09.